The van der Waals surface area contributed by atoms with Crippen molar-refractivity contribution in [3.8, 4) is 0 Å². The highest BCUT2D eigenvalue weighted by Crippen LogP contribution is 2.21. The van der Waals surface area contributed by atoms with Crippen molar-refractivity contribution in [2.75, 3.05) is 18.8 Å². The summed E-state index contributed by atoms with van der Waals surface area (Å²) >= 11 is 1.87. The predicted molar refractivity (Wildman–Crippen MR) is 73.6 cm³/mol. The van der Waals surface area contributed by atoms with Gasteiger partial charge in [0.2, 0.25) is 0 Å². The summed E-state index contributed by atoms with van der Waals surface area (Å²) in [5.41, 5.74) is 1.12. The van der Waals surface area contributed by atoms with Crippen molar-refractivity contribution in [2.45, 2.75) is 25.5 Å². The molecule has 2 rings (SSSR count). The first-order valence-corrected chi connectivity index (χ1v) is 7.30. The SMILES string of the molecule is Cc1ccc(F)c(C(=O)N2CCS[C@@H](C)CC2)c1. The molecule has 0 N–H and O–H groups in total. The van der Waals surface area contributed by atoms with Crippen molar-refractivity contribution >= 4 is 17.7 Å². The van der Waals surface area contributed by atoms with Gasteiger partial charge in [-0.2, -0.15) is 11.8 Å². The molecule has 0 unspecified atom stereocenters. The molecule has 1 fully saturated rings. The van der Waals surface area contributed by atoms with Crippen LogP contribution in [0.25, 0.3) is 0 Å². The molecule has 0 aromatic heterocycles. The highest BCUT2D eigenvalue weighted by atomic mass is 32.2. The van der Waals surface area contributed by atoms with Crippen LogP contribution in [0.15, 0.2) is 18.2 Å². The molecule has 1 aliphatic rings. The zero-order valence-corrected chi connectivity index (χ0v) is 11.6. The Morgan fingerprint density at radius 1 is 1.44 bits per heavy atom. The van der Waals surface area contributed by atoms with Crippen LogP contribution in [0.1, 0.15) is 29.3 Å². The van der Waals surface area contributed by atoms with Gasteiger partial charge in [0.15, 0.2) is 0 Å². The maximum absolute atomic E-state index is 13.7. The summed E-state index contributed by atoms with van der Waals surface area (Å²) in [6, 6.07) is 4.70. The van der Waals surface area contributed by atoms with Gasteiger partial charge in [-0.05, 0) is 25.5 Å². The molecule has 0 radical (unpaired) electrons. The van der Waals surface area contributed by atoms with E-state index < -0.39 is 5.82 Å². The van der Waals surface area contributed by atoms with Gasteiger partial charge in [0, 0.05) is 24.1 Å². The topological polar surface area (TPSA) is 20.3 Å². The Morgan fingerprint density at radius 2 is 2.22 bits per heavy atom. The lowest BCUT2D eigenvalue weighted by atomic mass is 10.1. The van der Waals surface area contributed by atoms with Crippen LogP contribution >= 0.6 is 11.8 Å². The summed E-state index contributed by atoms with van der Waals surface area (Å²) in [7, 11) is 0. The van der Waals surface area contributed by atoms with Gasteiger partial charge in [0.25, 0.3) is 5.91 Å². The number of rotatable bonds is 1. The smallest absolute Gasteiger partial charge is 0.256 e. The number of amides is 1. The van der Waals surface area contributed by atoms with E-state index in [0.717, 1.165) is 24.3 Å². The van der Waals surface area contributed by atoms with Gasteiger partial charge >= 0.3 is 0 Å². The van der Waals surface area contributed by atoms with Gasteiger partial charge in [-0.3, -0.25) is 4.79 Å². The largest absolute Gasteiger partial charge is 0.338 e. The Morgan fingerprint density at radius 3 is 3.00 bits per heavy atom. The minimum atomic E-state index is -0.421. The van der Waals surface area contributed by atoms with Crippen LogP contribution in [0.4, 0.5) is 4.39 Å². The Balaban J connectivity index is 2.17. The number of thioether (sulfide) groups is 1. The maximum atomic E-state index is 13.7. The molecule has 2 nitrogen and oxygen atoms in total. The molecule has 0 spiro atoms. The lowest BCUT2D eigenvalue weighted by Gasteiger charge is -2.20. The van der Waals surface area contributed by atoms with Gasteiger partial charge in [-0.1, -0.05) is 18.6 Å². The van der Waals surface area contributed by atoms with E-state index in [4.69, 9.17) is 0 Å². The van der Waals surface area contributed by atoms with E-state index in [2.05, 4.69) is 6.92 Å². The van der Waals surface area contributed by atoms with E-state index in [1.54, 1.807) is 17.0 Å². The quantitative estimate of drug-likeness (QED) is 0.779. The normalized spacial score (nSPS) is 20.6. The molecule has 1 heterocycles. The molecule has 1 aromatic rings. The zero-order chi connectivity index (χ0) is 13.1. The summed E-state index contributed by atoms with van der Waals surface area (Å²) < 4.78 is 13.7. The minimum Gasteiger partial charge on any atom is -0.338 e. The number of hydrogen-bond donors (Lipinski definition) is 0. The molecule has 1 aromatic carbocycles. The average Bonchev–Trinajstić information content (AvgIpc) is 2.56. The van der Waals surface area contributed by atoms with Gasteiger partial charge in [0.05, 0.1) is 5.56 Å². The van der Waals surface area contributed by atoms with E-state index in [-0.39, 0.29) is 11.5 Å². The molecule has 18 heavy (non-hydrogen) atoms. The molecule has 0 bridgehead atoms. The number of aryl methyl sites for hydroxylation is 1. The van der Waals surface area contributed by atoms with E-state index in [1.165, 1.54) is 6.07 Å². The van der Waals surface area contributed by atoms with Crippen molar-refractivity contribution in [1.29, 1.82) is 0 Å². The molecule has 4 heteroatoms. The van der Waals surface area contributed by atoms with Crippen molar-refractivity contribution in [3.63, 3.8) is 0 Å². The summed E-state index contributed by atoms with van der Waals surface area (Å²) in [4.78, 5) is 14.1. The molecule has 0 aliphatic carbocycles. The fourth-order valence-electron chi connectivity index (χ4n) is 2.07. The predicted octanol–water partition coefficient (Wildman–Crippen LogP) is 3.10. The minimum absolute atomic E-state index is 0.175. The van der Waals surface area contributed by atoms with Crippen LogP contribution in [0.2, 0.25) is 0 Å². The van der Waals surface area contributed by atoms with E-state index in [1.807, 2.05) is 18.7 Å². The highest BCUT2D eigenvalue weighted by molar-refractivity contribution is 7.99. The molecule has 1 aliphatic heterocycles. The molecule has 1 amide bonds. The third-order valence-corrected chi connectivity index (χ3v) is 4.43. The van der Waals surface area contributed by atoms with Crippen LogP contribution in [-0.4, -0.2) is 34.9 Å². The number of halogens is 1. The van der Waals surface area contributed by atoms with Crippen LogP contribution in [0, 0.1) is 12.7 Å². The molecule has 0 saturated carbocycles. The third kappa shape index (κ3) is 3.05. The number of carbonyl (C=O) groups is 1. The summed E-state index contributed by atoms with van der Waals surface area (Å²) in [6.07, 6.45) is 0.976. The van der Waals surface area contributed by atoms with Crippen molar-refractivity contribution in [2.24, 2.45) is 0 Å². The molecular weight excluding hydrogens is 249 g/mol. The van der Waals surface area contributed by atoms with Gasteiger partial charge in [-0.25, -0.2) is 4.39 Å². The standard InChI is InChI=1S/C14H18FNOS/c1-10-3-4-13(15)12(9-10)14(17)16-6-5-11(2)18-8-7-16/h3-4,9,11H,5-8H2,1-2H3/t11-/m0/s1. The second-order valence-electron chi connectivity index (χ2n) is 4.75. The molecule has 1 atom stereocenters. The van der Waals surface area contributed by atoms with Crippen LogP contribution in [0.3, 0.4) is 0 Å². The first-order valence-electron chi connectivity index (χ1n) is 6.25. The van der Waals surface area contributed by atoms with E-state index >= 15 is 0 Å². The van der Waals surface area contributed by atoms with E-state index in [0.29, 0.717) is 11.8 Å². The fraction of sp³-hybridized carbons (Fsp3) is 0.500. The highest BCUT2D eigenvalue weighted by Gasteiger charge is 2.22. The van der Waals surface area contributed by atoms with Gasteiger partial charge in [-0.15, -0.1) is 0 Å². The second-order valence-corrected chi connectivity index (χ2v) is 6.29. The molecule has 1 saturated heterocycles. The Labute approximate surface area is 112 Å². The van der Waals surface area contributed by atoms with Gasteiger partial charge < -0.3 is 4.90 Å². The first-order chi connectivity index (χ1) is 8.58. The number of carbonyl (C=O) groups excluding carboxylic acids is 1. The number of benzene rings is 1. The lowest BCUT2D eigenvalue weighted by molar-refractivity contribution is 0.0762. The first kappa shape index (κ1) is 13.4. The van der Waals surface area contributed by atoms with Crippen molar-refractivity contribution in [3.05, 3.63) is 35.1 Å². The summed E-state index contributed by atoms with van der Waals surface area (Å²) in [5.74, 6) is 0.335. The number of hydrogen-bond acceptors (Lipinski definition) is 2. The van der Waals surface area contributed by atoms with Crippen LogP contribution < -0.4 is 0 Å². The summed E-state index contributed by atoms with van der Waals surface area (Å²) in [6.45, 7) is 5.48. The van der Waals surface area contributed by atoms with Crippen LogP contribution in [0.5, 0.6) is 0 Å². The monoisotopic (exact) mass is 267 g/mol. The third-order valence-electron chi connectivity index (χ3n) is 3.21. The fourth-order valence-corrected chi connectivity index (χ4v) is 3.07. The van der Waals surface area contributed by atoms with Gasteiger partial charge in [0.1, 0.15) is 5.82 Å². The average molecular weight is 267 g/mol. The van der Waals surface area contributed by atoms with Crippen molar-refractivity contribution in [1.82, 2.24) is 4.90 Å². The Bertz CT molecular complexity index is 449. The molecule has 98 valence electrons. The lowest BCUT2D eigenvalue weighted by Crippen LogP contribution is -2.33. The number of nitrogens with zero attached hydrogens (tertiary/aromatic N) is 1. The van der Waals surface area contributed by atoms with E-state index in [9.17, 15) is 9.18 Å². The Kier molecular flexibility index (Phi) is 4.27. The van der Waals surface area contributed by atoms with Crippen LogP contribution in [-0.2, 0) is 0 Å². The summed E-state index contributed by atoms with van der Waals surface area (Å²) in [5, 5.41) is 0.574. The van der Waals surface area contributed by atoms with Crippen molar-refractivity contribution < 1.29 is 9.18 Å². The Hall–Kier alpha value is -1.03. The second kappa shape index (κ2) is 5.74. The molecular formula is C14H18FNOS. The maximum Gasteiger partial charge on any atom is 0.256 e. The zero-order valence-electron chi connectivity index (χ0n) is 10.8.